The maximum absolute atomic E-state index is 11.1. The Morgan fingerprint density at radius 3 is 2.33 bits per heavy atom. The van der Waals surface area contributed by atoms with Gasteiger partial charge in [-0.15, -0.1) is 0 Å². The second-order valence-corrected chi connectivity index (χ2v) is 7.28. The normalized spacial score (nSPS) is 25.8. The highest BCUT2D eigenvalue weighted by Gasteiger charge is 2.31. The lowest BCUT2D eigenvalue weighted by Crippen LogP contribution is -2.23. The summed E-state index contributed by atoms with van der Waals surface area (Å²) in [5, 5.41) is -0.367. The molecule has 2 rings (SSSR count). The number of halogens is 1. The van der Waals surface area contributed by atoms with Gasteiger partial charge in [-0.1, -0.05) is 45.2 Å². The van der Waals surface area contributed by atoms with Crippen LogP contribution in [-0.2, 0) is 0 Å². The molecule has 1 aliphatic carbocycles. The van der Waals surface area contributed by atoms with E-state index in [2.05, 4.69) is 26.0 Å². The largest absolute Gasteiger partial charge is 0.276 e. The van der Waals surface area contributed by atoms with Crippen molar-refractivity contribution in [3.05, 3.63) is 35.4 Å². The van der Waals surface area contributed by atoms with E-state index in [9.17, 15) is 4.79 Å². The molecule has 0 bridgehead atoms. The zero-order chi connectivity index (χ0) is 15.3. The number of hydrogen-bond acceptors (Lipinski definition) is 1. The molecule has 0 saturated heterocycles. The average molecular weight is 307 g/mol. The van der Waals surface area contributed by atoms with Crippen molar-refractivity contribution in [1.82, 2.24) is 0 Å². The van der Waals surface area contributed by atoms with E-state index in [0.29, 0.717) is 16.9 Å². The second kappa shape index (κ2) is 7.45. The van der Waals surface area contributed by atoms with Gasteiger partial charge in [0.1, 0.15) is 0 Å². The monoisotopic (exact) mass is 306 g/mol. The molecule has 0 aromatic heterocycles. The Balaban J connectivity index is 1.89. The lowest BCUT2D eigenvalue weighted by molar-refractivity contribution is 0.108. The molecule has 0 spiro atoms. The Morgan fingerprint density at radius 1 is 1.19 bits per heavy atom. The smallest absolute Gasteiger partial charge is 0.252 e. The molecule has 21 heavy (non-hydrogen) atoms. The van der Waals surface area contributed by atoms with Crippen LogP contribution in [0.3, 0.4) is 0 Å². The maximum atomic E-state index is 11.1. The standard InChI is InChI=1S/C19H27ClO/c1-3-4-5-12-19(2)13-10-16(11-14-19)15-6-8-17(9-7-15)18(20)21/h6-9,16H,3-5,10-14H2,1-2H3. The molecule has 1 nitrogen and oxygen atoms in total. The maximum Gasteiger partial charge on any atom is 0.252 e. The van der Waals surface area contributed by atoms with Crippen molar-refractivity contribution < 1.29 is 4.79 Å². The van der Waals surface area contributed by atoms with Crippen molar-refractivity contribution in [2.75, 3.05) is 0 Å². The van der Waals surface area contributed by atoms with Gasteiger partial charge in [0, 0.05) is 5.56 Å². The first-order chi connectivity index (χ1) is 10.0. The van der Waals surface area contributed by atoms with Crippen LogP contribution >= 0.6 is 11.6 Å². The number of hydrogen-bond donors (Lipinski definition) is 0. The van der Waals surface area contributed by atoms with Crippen LogP contribution in [-0.4, -0.2) is 5.24 Å². The molecule has 0 N–H and O–H groups in total. The van der Waals surface area contributed by atoms with Gasteiger partial charge in [-0.3, -0.25) is 4.79 Å². The number of benzene rings is 1. The first-order valence-corrected chi connectivity index (χ1v) is 8.72. The van der Waals surface area contributed by atoms with Crippen LogP contribution in [0.2, 0.25) is 0 Å². The Morgan fingerprint density at radius 2 is 1.81 bits per heavy atom. The summed E-state index contributed by atoms with van der Waals surface area (Å²) in [5.74, 6) is 0.656. The van der Waals surface area contributed by atoms with Crippen LogP contribution in [0, 0.1) is 5.41 Å². The summed E-state index contributed by atoms with van der Waals surface area (Å²) in [6, 6.07) is 7.89. The van der Waals surface area contributed by atoms with E-state index in [1.807, 2.05) is 12.1 Å². The van der Waals surface area contributed by atoms with Gasteiger partial charge in [0.25, 0.3) is 5.24 Å². The van der Waals surface area contributed by atoms with E-state index >= 15 is 0 Å². The highest BCUT2D eigenvalue weighted by molar-refractivity contribution is 6.67. The van der Waals surface area contributed by atoms with Gasteiger partial charge in [-0.05, 0) is 72.7 Å². The Bertz CT molecular complexity index is 455. The molecule has 0 aliphatic heterocycles. The van der Waals surface area contributed by atoms with E-state index in [1.165, 1.54) is 56.9 Å². The fourth-order valence-corrected chi connectivity index (χ4v) is 3.71. The van der Waals surface area contributed by atoms with Gasteiger partial charge in [0.2, 0.25) is 0 Å². The van der Waals surface area contributed by atoms with Crippen LogP contribution < -0.4 is 0 Å². The van der Waals surface area contributed by atoms with Crippen LogP contribution in [0.1, 0.15) is 87.1 Å². The van der Waals surface area contributed by atoms with E-state index in [4.69, 9.17) is 11.6 Å². The molecule has 1 aliphatic rings. The van der Waals surface area contributed by atoms with E-state index in [0.717, 1.165) is 0 Å². The molecule has 0 unspecified atom stereocenters. The van der Waals surface area contributed by atoms with Crippen molar-refractivity contribution in [1.29, 1.82) is 0 Å². The first-order valence-electron chi connectivity index (χ1n) is 8.34. The molecule has 1 aromatic rings. The number of rotatable bonds is 6. The number of unbranched alkanes of at least 4 members (excludes halogenated alkanes) is 2. The average Bonchev–Trinajstić information content (AvgIpc) is 2.48. The summed E-state index contributed by atoms with van der Waals surface area (Å²) in [6.07, 6.45) is 10.7. The third-order valence-electron chi connectivity index (χ3n) is 5.19. The molecule has 0 amide bonds. The predicted molar refractivity (Wildman–Crippen MR) is 90.1 cm³/mol. The van der Waals surface area contributed by atoms with Gasteiger partial charge in [0.15, 0.2) is 0 Å². The van der Waals surface area contributed by atoms with Gasteiger partial charge in [-0.2, -0.15) is 0 Å². The van der Waals surface area contributed by atoms with Crippen LogP contribution in [0.5, 0.6) is 0 Å². The van der Waals surface area contributed by atoms with Crippen molar-refractivity contribution in [3.8, 4) is 0 Å². The lowest BCUT2D eigenvalue weighted by Gasteiger charge is -2.38. The van der Waals surface area contributed by atoms with Gasteiger partial charge < -0.3 is 0 Å². The van der Waals surface area contributed by atoms with Gasteiger partial charge in [-0.25, -0.2) is 0 Å². The minimum Gasteiger partial charge on any atom is -0.276 e. The highest BCUT2D eigenvalue weighted by atomic mass is 35.5. The summed E-state index contributed by atoms with van der Waals surface area (Å²) in [5.41, 5.74) is 2.52. The molecule has 1 aromatic carbocycles. The summed E-state index contributed by atoms with van der Waals surface area (Å²) in [4.78, 5) is 11.1. The molecule has 1 fully saturated rings. The predicted octanol–water partition coefficient (Wildman–Crippen LogP) is 6.31. The molecule has 116 valence electrons. The fraction of sp³-hybridized carbons (Fsp3) is 0.632. The zero-order valence-electron chi connectivity index (χ0n) is 13.3. The summed E-state index contributed by atoms with van der Waals surface area (Å²) in [6.45, 7) is 4.74. The quantitative estimate of drug-likeness (QED) is 0.444. The fourth-order valence-electron chi connectivity index (χ4n) is 3.59. The number of carbonyl (C=O) groups excluding carboxylic acids is 1. The molecule has 1 saturated carbocycles. The second-order valence-electron chi connectivity index (χ2n) is 6.94. The third-order valence-corrected chi connectivity index (χ3v) is 5.40. The SMILES string of the molecule is CCCCCC1(C)CCC(c2ccc(C(=O)Cl)cc2)CC1. The zero-order valence-corrected chi connectivity index (χ0v) is 14.1. The van der Waals surface area contributed by atoms with Gasteiger partial charge >= 0.3 is 0 Å². The Labute approximate surface area is 134 Å². The minimum absolute atomic E-state index is 0.367. The summed E-state index contributed by atoms with van der Waals surface area (Å²) >= 11 is 5.50. The molecule has 0 atom stereocenters. The van der Waals surface area contributed by atoms with E-state index < -0.39 is 0 Å². The highest BCUT2D eigenvalue weighted by Crippen LogP contribution is 2.45. The van der Waals surface area contributed by atoms with Crippen molar-refractivity contribution in [2.24, 2.45) is 5.41 Å². The molecule has 0 radical (unpaired) electrons. The Kier molecular flexibility index (Phi) is 5.87. The van der Waals surface area contributed by atoms with Crippen molar-refractivity contribution >= 4 is 16.8 Å². The van der Waals surface area contributed by atoms with Crippen molar-refractivity contribution in [3.63, 3.8) is 0 Å². The Hall–Kier alpha value is -0.820. The molecular weight excluding hydrogens is 280 g/mol. The third kappa shape index (κ3) is 4.57. The molecule has 2 heteroatoms. The van der Waals surface area contributed by atoms with Crippen LogP contribution in [0.15, 0.2) is 24.3 Å². The van der Waals surface area contributed by atoms with Gasteiger partial charge in [0.05, 0.1) is 0 Å². The lowest BCUT2D eigenvalue weighted by atomic mass is 9.68. The topological polar surface area (TPSA) is 17.1 Å². The van der Waals surface area contributed by atoms with E-state index in [1.54, 1.807) is 0 Å². The summed E-state index contributed by atoms with van der Waals surface area (Å²) in [7, 11) is 0. The molecular formula is C19H27ClO. The van der Waals surface area contributed by atoms with Crippen LogP contribution in [0.4, 0.5) is 0 Å². The van der Waals surface area contributed by atoms with Crippen molar-refractivity contribution in [2.45, 2.75) is 71.1 Å². The summed E-state index contributed by atoms with van der Waals surface area (Å²) < 4.78 is 0. The molecule has 0 heterocycles. The first kappa shape index (κ1) is 16.5. The van der Waals surface area contributed by atoms with Crippen LogP contribution in [0.25, 0.3) is 0 Å². The number of carbonyl (C=O) groups is 1. The van der Waals surface area contributed by atoms with E-state index in [-0.39, 0.29) is 5.24 Å². The minimum atomic E-state index is -0.367.